The van der Waals surface area contributed by atoms with E-state index in [1.807, 2.05) is 6.92 Å². The highest BCUT2D eigenvalue weighted by atomic mass is 35.5. The van der Waals surface area contributed by atoms with Crippen molar-refractivity contribution in [2.45, 2.75) is 25.9 Å². The summed E-state index contributed by atoms with van der Waals surface area (Å²) in [7, 11) is 1.79. The van der Waals surface area contributed by atoms with Crippen LogP contribution in [0.2, 0.25) is 5.02 Å². The van der Waals surface area contributed by atoms with Gasteiger partial charge in [0.1, 0.15) is 5.82 Å². The summed E-state index contributed by atoms with van der Waals surface area (Å²) in [6, 6.07) is 5.82. The third-order valence-corrected chi connectivity index (χ3v) is 3.73. The number of halogens is 2. The van der Waals surface area contributed by atoms with Crippen molar-refractivity contribution in [1.82, 2.24) is 9.78 Å². The van der Waals surface area contributed by atoms with Gasteiger partial charge in [0.05, 0.1) is 22.0 Å². The Balaban J connectivity index is 2.33. The highest BCUT2D eigenvalue weighted by Gasteiger charge is 2.27. The average Bonchev–Trinajstić information content (AvgIpc) is 2.56. The molecular formula is C14H16ClFN2O. The summed E-state index contributed by atoms with van der Waals surface area (Å²) < 4.78 is 14.6. The van der Waals surface area contributed by atoms with Crippen molar-refractivity contribution in [3.05, 3.63) is 52.1 Å². The molecule has 1 aromatic heterocycles. The zero-order valence-corrected chi connectivity index (χ0v) is 11.9. The first kappa shape index (κ1) is 14.0. The van der Waals surface area contributed by atoms with Crippen LogP contribution in [0.25, 0.3) is 0 Å². The van der Waals surface area contributed by atoms with Gasteiger partial charge in [-0.2, -0.15) is 5.10 Å². The van der Waals surface area contributed by atoms with Crippen molar-refractivity contribution in [2.75, 3.05) is 0 Å². The lowest BCUT2D eigenvalue weighted by Gasteiger charge is -2.24. The fourth-order valence-electron chi connectivity index (χ4n) is 2.11. The normalized spacial score (nSPS) is 14.4. The molecule has 1 N–H and O–H groups in total. The van der Waals surface area contributed by atoms with Gasteiger partial charge in [-0.15, -0.1) is 0 Å². The van der Waals surface area contributed by atoms with Crippen molar-refractivity contribution in [3.8, 4) is 0 Å². The van der Waals surface area contributed by atoms with E-state index in [-0.39, 0.29) is 5.82 Å². The molecule has 1 heterocycles. The molecule has 0 aliphatic carbocycles. The Labute approximate surface area is 116 Å². The van der Waals surface area contributed by atoms with E-state index in [9.17, 15) is 9.50 Å². The monoisotopic (exact) mass is 282 g/mol. The Hall–Kier alpha value is -1.39. The molecule has 0 radical (unpaired) electrons. The Kier molecular flexibility index (Phi) is 3.65. The molecule has 2 rings (SSSR count). The maximum atomic E-state index is 12.9. The molecule has 0 spiro atoms. The van der Waals surface area contributed by atoms with Gasteiger partial charge in [-0.3, -0.25) is 4.68 Å². The second kappa shape index (κ2) is 4.94. The number of hydrogen-bond acceptors (Lipinski definition) is 2. The second-order valence-corrected chi connectivity index (χ2v) is 5.31. The molecule has 0 saturated carbocycles. The average molecular weight is 283 g/mol. The second-order valence-electron chi connectivity index (χ2n) is 4.93. The van der Waals surface area contributed by atoms with Gasteiger partial charge >= 0.3 is 0 Å². The summed E-state index contributed by atoms with van der Waals surface area (Å²) in [6.45, 7) is 3.50. The molecule has 1 atom stereocenters. The minimum atomic E-state index is -1.13. The van der Waals surface area contributed by atoms with E-state index in [1.165, 1.54) is 12.1 Å². The van der Waals surface area contributed by atoms with Crippen molar-refractivity contribution in [1.29, 1.82) is 0 Å². The number of hydrogen-bond donors (Lipinski definition) is 1. The van der Waals surface area contributed by atoms with Gasteiger partial charge in [-0.1, -0.05) is 23.7 Å². The summed E-state index contributed by atoms with van der Waals surface area (Å²) in [5.74, 6) is -0.325. The molecule has 2 aromatic rings. The quantitative estimate of drug-likeness (QED) is 0.940. The largest absolute Gasteiger partial charge is 0.385 e. The fraction of sp³-hybridized carbons (Fsp3) is 0.357. The number of benzene rings is 1. The maximum Gasteiger partial charge on any atom is 0.123 e. The van der Waals surface area contributed by atoms with Crippen molar-refractivity contribution in [2.24, 2.45) is 7.05 Å². The van der Waals surface area contributed by atoms with E-state index in [0.717, 1.165) is 11.4 Å². The zero-order chi connectivity index (χ0) is 14.2. The van der Waals surface area contributed by atoms with Crippen LogP contribution < -0.4 is 0 Å². The van der Waals surface area contributed by atoms with Crippen LogP contribution in [0.15, 0.2) is 24.3 Å². The molecule has 0 aliphatic heterocycles. The third-order valence-electron chi connectivity index (χ3n) is 3.24. The van der Waals surface area contributed by atoms with Gasteiger partial charge in [0, 0.05) is 13.5 Å². The van der Waals surface area contributed by atoms with Crippen LogP contribution in [0.3, 0.4) is 0 Å². The molecule has 3 nitrogen and oxygen atoms in total. The Morgan fingerprint density at radius 2 is 1.95 bits per heavy atom. The SMILES string of the molecule is Cc1nn(C)c(CC(C)(O)c2ccc(F)cc2)c1Cl. The van der Waals surface area contributed by atoms with E-state index < -0.39 is 5.60 Å². The van der Waals surface area contributed by atoms with Gasteiger partial charge in [0.25, 0.3) is 0 Å². The lowest BCUT2D eigenvalue weighted by atomic mass is 9.91. The lowest BCUT2D eigenvalue weighted by molar-refractivity contribution is 0.0555. The third kappa shape index (κ3) is 2.80. The summed E-state index contributed by atoms with van der Waals surface area (Å²) in [6.07, 6.45) is 0.314. The molecule has 1 aromatic carbocycles. The van der Waals surface area contributed by atoms with Crippen molar-refractivity contribution >= 4 is 11.6 Å². The number of rotatable bonds is 3. The van der Waals surface area contributed by atoms with E-state index in [2.05, 4.69) is 5.10 Å². The fourth-order valence-corrected chi connectivity index (χ4v) is 2.34. The van der Waals surface area contributed by atoms with E-state index in [4.69, 9.17) is 11.6 Å². The van der Waals surface area contributed by atoms with Gasteiger partial charge in [0.15, 0.2) is 0 Å². The summed E-state index contributed by atoms with van der Waals surface area (Å²) in [4.78, 5) is 0. The number of aliphatic hydroxyl groups is 1. The first-order chi connectivity index (χ1) is 8.81. The number of aryl methyl sites for hydroxylation is 2. The molecule has 102 valence electrons. The predicted octanol–water partition coefficient (Wildman–Crippen LogP) is 2.97. The van der Waals surface area contributed by atoms with Crippen LogP contribution in [-0.2, 0) is 19.1 Å². The van der Waals surface area contributed by atoms with Crippen molar-refractivity contribution < 1.29 is 9.50 Å². The molecule has 0 amide bonds. The minimum Gasteiger partial charge on any atom is -0.385 e. The van der Waals surface area contributed by atoms with Crippen LogP contribution >= 0.6 is 11.6 Å². The first-order valence-electron chi connectivity index (χ1n) is 5.97. The van der Waals surface area contributed by atoms with Crippen LogP contribution in [0.5, 0.6) is 0 Å². The van der Waals surface area contributed by atoms with E-state index in [0.29, 0.717) is 17.0 Å². The maximum absolute atomic E-state index is 12.9. The van der Waals surface area contributed by atoms with Gasteiger partial charge in [-0.25, -0.2) is 4.39 Å². The van der Waals surface area contributed by atoms with E-state index in [1.54, 1.807) is 30.8 Å². The molecule has 0 saturated heterocycles. The number of aromatic nitrogens is 2. The minimum absolute atomic E-state index is 0.314. The number of nitrogens with zero attached hydrogens (tertiary/aromatic N) is 2. The molecule has 19 heavy (non-hydrogen) atoms. The van der Waals surface area contributed by atoms with Crippen LogP contribution in [0.4, 0.5) is 4.39 Å². The molecule has 1 unspecified atom stereocenters. The zero-order valence-electron chi connectivity index (χ0n) is 11.1. The van der Waals surface area contributed by atoms with Gasteiger partial charge in [0.2, 0.25) is 0 Å². The summed E-state index contributed by atoms with van der Waals surface area (Å²) >= 11 is 6.18. The smallest absolute Gasteiger partial charge is 0.123 e. The molecular weight excluding hydrogens is 267 g/mol. The summed E-state index contributed by atoms with van der Waals surface area (Å²) in [5, 5.41) is 15.3. The highest BCUT2D eigenvalue weighted by molar-refractivity contribution is 6.31. The Morgan fingerprint density at radius 3 is 2.42 bits per heavy atom. The summed E-state index contributed by atoms with van der Waals surface area (Å²) in [5.41, 5.74) is 1.00. The lowest BCUT2D eigenvalue weighted by Crippen LogP contribution is -2.25. The van der Waals surface area contributed by atoms with Crippen LogP contribution in [-0.4, -0.2) is 14.9 Å². The van der Waals surface area contributed by atoms with Gasteiger partial charge in [-0.05, 0) is 31.5 Å². The Bertz CT molecular complexity index is 590. The van der Waals surface area contributed by atoms with Gasteiger partial charge < -0.3 is 5.11 Å². The molecule has 0 aliphatic rings. The topological polar surface area (TPSA) is 38.0 Å². The van der Waals surface area contributed by atoms with E-state index >= 15 is 0 Å². The highest BCUT2D eigenvalue weighted by Crippen LogP contribution is 2.29. The molecule has 0 fully saturated rings. The van der Waals surface area contributed by atoms with Crippen LogP contribution in [0, 0.1) is 12.7 Å². The molecule has 0 bridgehead atoms. The molecule has 5 heteroatoms. The Morgan fingerprint density at radius 1 is 1.37 bits per heavy atom. The predicted molar refractivity (Wildman–Crippen MR) is 72.6 cm³/mol. The van der Waals surface area contributed by atoms with Crippen LogP contribution in [0.1, 0.15) is 23.9 Å². The van der Waals surface area contributed by atoms with Crippen molar-refractivity contribution in [3.63, 3.8) is 0 Å². The standard InChI is InChI=1S/C14H16ClFN2O/c1-9-13(15)12(18(3)17-9)8-14(2,19)10-4-6-11(16)7-5-10/h4-7,19H,8H2,1-3H3. The first-order valence-corrected chi connectivity index (χ1v) is 6.35.